The van der Waals surface area contributed by atoms with Gasteiger partial charge in [0, 0.05) is 11.9 Å². The summed E-state index contributed by atoms with van der Waals surface area (Å²) in [6, 6.07) is 6.99. The van der Waals surface area contributed by atoms with Crippen molar-refractivity contribution in [2.45, 2.75) is 24.2 Å². The molecule has 0 unspecified atom stereocenters. The molecular formula is C12H15BrN2O2S. The van der Waals surface area contributed by atoms with E-state index in [1.165, 1.54) is 6.34 Å². The summed E-state index contributed by atoms with van der Waals surface area (Å²) in [6.07, 6.45) is 4.69. The molecule has 0 fully saturated rings. The van der Waals surface area contributed by atoms with Gasteiger partial charge in [-0.15, -0.1) is 4.40 Å². The molecule has 98 valence electrons. The van der Waals surface area contributed by atoms with Crippen LogP contribution in [0.3, 0.4) is 0 Å². The third kappa shape index (κ3) is 2.92. The molecule has 1 heterocycles. The molecule has 0 radical (unpaired) electrons. The lowest BCUT2D eigenvalue weighted by atomic mass is 10.2. The number of para-hydroxylation sites is 1. The largest absolute Gasteiger partial charge is 0.331 e. The normalized spacial score (nSPS) is 16.6. The van der Waals surface area contributed by atoms with Crippen LogP contribution in [0, 0.1) is 0 Å². The van der Waals surface area contributed by atoms with Crippen LogP contribution in [0.2, 0.25) is 0 Å². The molecule has 1 aliphatic heterocycles. The molecule has 1 aliphatic rings. The highest BCUT2D eigenvalue weighted by Gasteiger charge is 2.24. The molecule has 0 spiro atoms. The fourth-order valence-electron chi connectivity index (χ4n) is 1.88. The van der Waals surface area contributed by atoms with Crippen LogP contribution in [-0.2, 0) is 10.0 Å². The minimum Gasteiger partial charge on any atom is -0.331 e. The molecule has 0 atom stereocenters. The molecule has 0 aromatic heterocycles. The molecule has 1 aromatic rings. The third-order valence-electron chi connectivity index (χ3n) is 2.81. The van der Waals surface area contributed by atoms with Gasteiger partial charge in [0.25, 0.3) is 10.0 Å². The molecule has 0 aliphatic carbocycles. The number of alkyl halides is 1. The first kappa shape index (κ1) is 13.5. The van der Waals surface area contributed by atoms with Crippen molar-refractivity contribution in [1.82, 2.24) is 0 Å². The van der Waals surface area contributed by atoms with Crippen molar-refractivity contribution in [3.63, 3.8) is 0 Å². The van der Waals surface area contributed by atoms with Crippen molar-refractivity contribution >= 4 is 38.0 Å². The van der Waals surface area contributed by atoms with E-state index in [0.717, 1.165) is 36.8 Å². The summed E-state index contributed by atoms with van der Waals surface area (Å²) in [5, 5.41) is 1.01. The minimum absolute atomic E-state index is 0.299. The van der Waals surface area contributed by atoms with E-state index in [2.05, 4.69) is 20.3 Å². The highest BCUT2D eigenvalue weighted by Crippen LogP contribution is 2.29. The van der Waals surface area contributed by atoms with E-state index in [1.54, 1.807) is 12.1 Å². The van der Waals surface area contributed by atoms with E-state index in [-0.39, 0.29) is 0 Å². The number of nitrogens with zero attached hydrogens (tertiary/aromatic N) is 2. The summed E-state index contributed by atoms with van der Waals surface area (Å²) >= 11 is 3.40. The average Bonchev–Trinajstić information content (AvgIpc) is 2.37. The minimum atomic E-state index is -3.49. The Balaban J connectivity index is 2.15. The number of hydrogen-bond acceptors (Lipinski definition) is 3. The highest BCUT2D eigenvalue weighted by atomic mass is 79.9. The summed E-state index contributed by atoms with van der Waals surface area (Å²) in [5.41, 5.74) is 0.728. The van der Waals surface area contributed by atoms with Crippen LogP contribution in [0.1, 0.15) is 19.3 Å². The second kappa shape index (κ2) is 5.84. The number of fused-ring (bicyclic) bond motifs is 1. The topological polar surface area (TPSA) is 49.7 Å². The van der Waals surface area contributed by atoms with E-state index in [9.17, 15) is 8.42 Å². The van der Waals surface area contributed by atoms with E-state index in [1.807, 2.05) is 17.0 Å². The van der Waals surface area contributed by atoms with Gasteiger partial charge in [0.05, 0.1) is 5.69 Å². The number of unbranched alkanes of at least 4 members (excludes halogenated alkanes) is 2. The van der Waals surface area contributed by atoms with Crippen LogP contribution in [0.5, 0.6) is 0 Å². The molecule has 6 heteroatoms. The van der Waals surface area contributed by atoms with Crippen molar-refractivity contribution in [3.8, 4) is 0 Å². The second-order valence-corrected chi connectivity index (χ2v) is 6.50. The molecule has 0 amide bonds. The van der Waals surface area contributed by atoms with E-state index in [4.69, 9.17) is 0 Å². The molecule has 0 bridgehead atoms. The monoisotopic (exact) mass is 330 g/mol. The number of sulfonamides is 1. The van der Waals surface area contributed by atoms with E-state index in [0.29, 0.717) is 4.90 Å². The molecule has 4 nitrogen and oxygen atoms in total. The van der Waals surface area contributed by atoms with Crippen LogP contribution in [0.25, 0.3) is 0 Å². The molecular weight excluding hydrogens is 316 g/mol. The Morgan fingerprint density at radius 1 is 1.17 bits per heavy atom. The number of halogens is 1. The van der Waals surface area contributed by atoms with Crippen molar-refractivity contribution in [2.75, 3.05) is 16.8 Å². The molecule has 0 N–H and O–H groups in total. The van der Waals surface area contributed by atoms with Crippen LogP contribution >= 0.6 is 15.9 Å². The van der Waals surface area contributed by atoms with Crippen molar-refractivity contribution in [2.24, 2.45) is 4.40 Å². The number of rotatable bonds is 5. The van der Waals surface area contributed by atoms with Gasteiger partial charge in [0.2, 0.25) is 0 Å². The number of hydrogen-bond donors (Lipinski definition) is 0. The van der Waals surface area contributed by atoms with Gasteiger partial charge in [0.15, 0.2) is 0 Å². The predicted molar refractivity (Wildman–Crippen MR) is 77.1 cm³/mol. The Morgan fingerprint density at radius 2 is 1.94 bits per heavy atom. The zero-order valence-corrected chi connectivity index (χ0v) is 12.3. The average molecular weight is 331 g/mol. The van der Waals surface area contributed by atoms with E-state index >= 15 is 0 Å². The SMILES string of the molecule is O=S1(=O)N=CN(CCCCCBr)c2ccccc21. The van der Waals surface area contributed by atoms with Gasteiger partial charge in [0.1, 0.15) is 11.2 Å². The van der Waals surface area contributed by atoms with Gasteiger partial charge in [-0.25, -0.2) is 0 Å². The van der Waals surface area contributed by atoms with Crippen LogP contribution in [0.15, 0.2) is 33.6 Å². The fourth-order valence-corrected chi connectivity index (χ4v) is 3.33. The number of anilines is 1. The zero-order valence-electron chi connectivity index (χ0n) is 9.92. The molecule has 0 saturated carbocycles. The summed E-state index contributed by atoms with van der Waals surface area (Å²) in [5.74, 6) is 0. The summed E-state index contributed by atoms with van der Waals surface area (Å²) < 4.78 is 27.2. The van der Waals surface area contributed by atoms with Gasteiger partial charge in [-0.1, -0.05) is 34.5 Å². The molecule has 0 saturated heterocycles. The summed E-state index contributed by atoms with van der Waals surface area (Å²) in [7, 11) is -3.49. The first-order valence-electron chi connectivity index (χ1n) is 5.87. The Labute approximate surface area is 116 Å². The maximum atomic E-state index is 11.8. The highest BCUT2D eigenvalue weighted by molar-refractivity contribution is 9.09. The summed E-state index contributed by atoms with van der Waals surface area (Å²) in [6.45, 7) is 0.795. The van der Waals surface area contributed by atoms with Crippen molar-refractivity contribution in [3.05, 3.63) is 24.3 Å². The number of benzene rings is 1. The lowest BCUT2D eigenvalue weighted by Crippen LogP contribution is -2.28. The molecule has 1 aromatic carbocycles. The Morgan fingerprint density at radius 3 is 2.72 bits per heavy atom. The Kier molecular flexibility index (Phi) is 4.40. The maximum absolute atomic E-state index is 11.8. The summed E-state index contributed by atoms with van der Waals surface area (Å²) in [4.78, 5) is 2.21. The lowest BCUT2D eigenvalue weighted by Gasteiger charge is -2.24. The smallest absolute Gasteiger partial charge is 0.285 e. The zero-order chi connectivity index (χ0) is 13.0. The molecule has 18 heavy (non-hydrogen) atoms. The first-order valence-corrected chi connectivity index (χ1v) is 8.43. The Hall–Kier alpha value is -0.880. The Bertz CT molecular complexity index is 543. The van der Waals surface area contributed by atoms with Crippen LogP contribution in [0.4, 0.5) is 5.69 Å². The van der Waals surface area contributed by atoms with Crippen molar-refractivity contribution < 1.29 is 8.42 Å². The van der Waals surface area contributed by atoms with Gasteiger partial charge in [-0.2, -0.15) is 8.42 Å². The molecule has 2 rings (SSSR count). The van der Waals surface area contributed by atoms with Gasteiger partial charge in [-0.05, 0) is 25.0 Å². The standard InChI is InChI=1S/C12H15BrN2O2S/c13-8-4-1-5-9-15-10-14-18(16,17)12-7-3-2-6-11(12)15/h2-3,6-7,10H,1,4-5,8-9H2. The van der Waals surface area contributed by atoms with Gasteiger partial charge >= 0.3 is 0 Å². The predicted octanol–water partition coefficient (Wildman–Crippen LogP) is 2.79. The van der Waals surface area contributed by atoms with Gasteiger partial charge in [-0.3, -0.25) is 0 Å². The maximum Gasteiger partial charge on any atom is 0.285 e. The third-order valence-corrected chi connectivity index (χ3v) is 4.64. The van der Waals surface area contributed by atoms with Crippen LogP contribution < -0.4 is 4.90 Å². The lowest BCUT2D eigenvalue weighted by molar-refractivity contribution is 0.596. The van der Waals surface area contributed by atoms with Crippen molar-refractivity contribution in [1.29, 1.82) is 0 Å². The van der Waals surface area contributed by atoms with Gasteiger partial charge < -0.3 is 4.90 Å². The second-order valence-electron chi connectivity index (χ2n) is 4.11. The quantitative estimate of drug-likeness (QED) is 0.616. The van der Waals surface area contributed by atoms with Crippen LogP contribution in [-0.4, -0.2) is 26.6 Å². The fraction of sp³-hybridized carbons (Fsp3) is 0.417. The van der Waals surface area contributed by atoms with E-state index < -0.39 is 10.0 Å². The first-order chi connectivity index (χ1) is 8.65.